The Bertz CT molecular complexity index is 186. The summed E-state index contributed by atoms with van der Waals surface area (Å²) >= 11 is 0. The molecule has 0 fully saturated rings. The van der Waals surface area contributed by atoms with Gasteiger partial charge in [-0.1, -0.05) is 26.2 Å². The molecule has 4 nitrogen and oxygen atoms in total. The highest BCUT2D eigenvalue weighted by molar-refractivity contribution is 5.65. The molecule has 2 N–H and O–H groups in total. The molecule has 0 aromatic heterocycles. The standard InChI is InChI=1S/C12H26N2O2/c1-5-6-7-8-11(13-3)12(14-4)9-16-10(2)15/h11-14H,5-9H2,1-4H3. The number of carbonyl (C=O) groups is 1. The maximum atomic E-state index is 10.8. The first-order chi connectivity index (χ1) is 7.65. The van der Waals surface area contributed by atoms with Gasteiger partial charge in [0, 0.05) is 13.0 Å². The van der Waals surface area contributed by atoms with Crippen LogP contribution in [-0.2, 0) is 9.53 Å². The van der Waals surface area contributed by atoms with E-state index in [1.54, 1.807) is 0 Å². The Balaban J connectivity index is 3.99. The average molecular weight is 230 g/mol. The van der Waals surface area contributed by atoms with Crippen molar-refractivity contribution in [3.63, 3.8) is 0 Å². The Morgan fingerprint density at radius 1 is 1.19 bits per heavy atom. The first-order valence-electron chi connectivity index (χ1n) is 6.13. The van der Waals surface area contributed by atoms with Gasteiger partial charge < -0.3 is 15.4 Å². The van der Waals surface area contributed by atoms with E-state index in [0.717, 1.165) is 6.42 Å². The molecule has 0 spiro atoms. The number of carbonyl (C=O) groups excluding carboxylic acids is 1. The molecule has 96 valence electrons. The molecule has 4 heteroatoms. The molecule has 0 radical (unpaired) electrons. The summed E-state index contributed by atoms with van der Waals surface area (Å²) in [5.74, 6) is -0.219. The van der Waals surface area contributed by atoms with E-state index >= 15 is 0 Å². The fourth-order valence-corrected chi connectivity index (χ4v) is 1.77. The van der Waals surface area contributed by atoms with Crippen molar-refractivity contribution in [2.75, 3.05) is 20.7 Å². The van der Waals surface area contributed by atoms with E-state index in [4.69, 9.17) is 4.74 Å². The molecule has 2 unspecified atom stereocenters. The Morgan fingerprint density at radius 2 is 1.81 bits per heavy atom. The minimum atomic E-state index is -0.219. The molecule has 0 aromatic rings. The summed E-state index contributed by atoms with van der Waals surface area (Å²) in [6.07, 6.45) is 4.80. The van der Waals surface area contributed by atoms with Crippen LogP contribution in [0.3, 0.4) is 0 Å². The Morgan fingerprint density at radius 3 is 2.25 bits per heavy atom. The van der Waals surface area contributed by atoms with Crippen LogP contribution >= 0.6 is 0 Å². The van der Waals surface area contributed by atoms with E-state index in [-0.39, 0.29) is 12.0 Å². The number of hydrogen-bond acceptors (Lipinski definition) is 4. The predicted molar refractivity (Wildman–Crippen MR) is 66.5 cm³/mol. The van der Waals surface area contributed by atoms with E-state index < -0.39 is 0 Å². The lowest BCUT2D eigenvalue weighted by atomic mass is 10.0. The fraction of sp³-hybridized carbons (Fsp3) is 0.917. The van der Waals surface area contributed by atoms with Crippen molar-refractivity contribution in [1.29, 1.82) is 0 Å². The summed E-state index contributed by atoms with van der Waals surface area (Å²) in [4.78, 5) is 10.8. The highest BCUT2D eigenvalue weighted by atomic mass is 16.5. The zero-order valence-electron chi connectivity index (χ0n) is 11.0. The lowest BCUT2D eigenvalue weighted by Crippen LogP contribution is -2.48. The van der Waals surface area contributed by atoms with Gasteiger partial charge in [0.05, 0.1) is 6.04 Å². The van der Waals surface area contributed by atoms with Crippen molar-refractivity contribution in [3.8, 4) is 0 Å². The van der Waals surface area contributed by atoms with E-state index in [2.05, 4.69) is 17.6 Å². The molecule has 16 heavy (non-hydrogen) atoms. The molecular formula is C12H26N2O2. The van der Waals surface area contributed by atoms with Gasteiger partial charge in [-0.05, 0) is 20.5 Å². The molecule has 0 heterocycles. The zero-order valence-corrected chi connectivity index (χ0v) is 11.0. The van der Waals surface area contributed by atoms with Crippen LogP contribution in [0.4, 0.5) is 0 Å². The largest absolute Gasteiger partial charge is 0.464 e. The van der Waals surface area contributed by atoms with Gasteiger partial charge in [-0.2, -0.15) is 0 Å². The molecule has 0 aliphatic carbocycles. The van der Waals surface area contributed by atoms with Crippen molar-refractivity contribution in [2.24, 2.45) is 0 Å². The van der Waals surface area contributed by atoms with Crippen LogP contribution in [0, 0.1) is 0 Å². The first kappa shape index (κ1) is 15.4. The third-order valence-corrected chi connectivity index (χ3v) is 2.81. The van der Waals surface area contributed by atoms with E-state index in [1.807, 2.05) is 14.1 Å². The van der Waals surface area contributed by atoms with Crippen molar-refractivity contribution < 1.29 is 9.53 Å². The van der Waals surface area contributed by atoms with Crippen LogP contribution in [0.1, 0.15) is 39.5 Å². The molecule has 0 aromatic carbocycles. The van der Waals surface area contributed by atoms with Crippen LogP contribution in [-0.4, -0.2) is 38.8 Å². The quantitative estimate of drug-likeness (QED) is 0.463. The van der Waals surface area contributed by atoms with E-state index in [1.165, 1.54) is 26.2 Å². The second-order valence-corrected chi connectivity index (χ2v) is 4.09. The van der Waals surface area contributed by atoms with Gasteiger partial charge in [0.25, 0.3) is 0 Å². The third kappa shape index (κ3) is 6.80. The molecule has 0 saturated carbocycles. The summed E-state index contributed by atoms with van der Waals surface area (Å²) in [6.45, 7) is 4.07. The minimum Gasteiger partial charge on any atom is -0.464 e. The van der Waals surface area contributed by atoms with Gasteiger partial charge >= 0.3 is 5.97 Å². The monoisotopic (exact) mass is 230 g/mol. The first-order valence-corrected chi connectivity index (χ1v) is 6.13. The number of rotatable bonds is 9. The Labute approximate surface area is 99.1 Å². The number of nitrogens with one attached hydrogen (secondary N) is 2. The van der Waals surface area contributed by atoms with Gasteiger partial charge in [0.2, 0.25) is 0 Å². The maximum Gasteiger partial charge on any atom is 0.302 e. The number of unbranched alkanes of at least 4 members (excludes halogenated alkanes) is 2. The lowest BCUT2D eigenvalue weighted by molar-refractivity contribution is -0.141. The number of hydrogen-bond donors (Lipinski definition) is 2. The van der Waals surface area contributed by atoms with Gasteiger partial charge in [-0.25, -0.2) is 0 Å². The Hall–Kier alpha value is -0.610. The summed E-state index contributed by atoms with van der Waals surface area (Å²) in [6, 6.07) is 0.543. The summed E-state index contributed by atoms with van der Waals surface area (Å²) < 4.78 is 5.04. The van der Waals surface area contributed by atoms with Crippen LogP contribution in [0.5, 0.6) is 0 Å². The van der Waals surface area contributed by atoms with Gasteiger partial charge in [-0.3, -0.25) is 4.79 Å². The summed E-state index contributed by atoms with van der Waals surface area (Å²) in [5, 5.41) is 6.48. The third-order valence-electron chi connectivity index (χ3n) is 2.81. The molecule has 2 atom stereocenters. The summed E-state index contributed by atoms with van der Waals surface area (Å²) in [5.41, 5.74) is 0. The van der Waals surface area contributed by atoms with Gasteiger partial charge in [-0.15, -0.1) is 0 Å². The molecular weight excluding hydrogens is 204 g/mol. The second kappa shape index (κ2) is 9.60. The molecule has 0 bridgehead atoms. The van der Waals surface area contributed by atoms with Crippen molar-refractivity contribution in [3.05, 3.63) is 0 Å². The molecule has 0 aliphatic heterocycles. The Kier molecular flexibility index (Phi) is 9.24. The number of esters is 1. The van der Waals surface area contributed by atoms with Crippen molar-refractivity contribution in [1.82, 2.24) is 10.6 Å². The lowest BCUT2D eigenvalue weighted by Gasteiger charge is -2.26. The fourth-order valence-electron chi connectivity index (χ4n) is 1.77. The number of ether oxygens (including phenoxy) is 1. The topological polar surface area (TPSA) is 50.4 Å². The predicted octanol–water partition coefficient (Wildman–Crippen LogP) is 1.31. The SMILES string of the molecule is CCCCCC(NC)C(COC(C)=O)NC. The average Bonchev–Trinajstić information content (AvgIpc) is 2.27. The van der Waals surface area contributed by atoms with Crippen LogP contribution in [0.2, 0.25) is 0 Å². The van der Waals surface area contributed by atoms with Crippen LogP contribution in [0.15, 0.2) is 0 Å². The minimum absolute atomic E-state index is 0.186. The number of likely N-dealkylation sites (N-methyl/N-ethyl adjacent to an activating group) is 2. The van der Waals surface area contributed by atoms with Crippen molar-refractivity contribution in [2.45, 2.75) is 51.6 Å². The van der Waals surface area contributed by atoms with Crippen molar-refractivity contribution >= 4 is 5.97 Å². The smallest absolute Gasteiger partial charge is 0.302 e. The van der Waals surface area contributed by atoms with Crippen LogP contribution < -0.4 is 10.6 Å². The highest BCUT2D eigenvalue weighted by Crippen LogP contribution is 2.07. The highest BCUT2D eigenvalue weighted by Gasteiger charge is 2.18. The normalized spacial score (nSPS) is 14.5. The molecule has 0 amide bonds. The summed E-state index contributed by atoms with van der Waals surface area (Å²) in [7, 11) is 3.85. The van der Waals surface area contributed by atoms with E-state index in [9.17, 15) is 4.79 Å². The van der Waals surface area contributed by atoms with Gasteiger partial charge in [0.1, 0.15) is 6.61 Å². The second-order valence-electron chi connectivity index (χ2n) is 4.09. The van der Waals surface area contributed by atoms with Crippen LogP contribution in [0.25, 0.3) is 0 Å². The molecule has 0 aliphatic rings. The van der Waals surface area contributed by atoms with Gasteiger partial charge in [0.15, 0.2) is 0 Å². The molecule has 0 rings (SSSR count). The maximum absolute atomic E-state index is 10.8. The van der Waals surface area contributed by atoms with E-state index in [0.29, 0.717) is 12.6 Å². The molecule has 0 saturated heterocycles. The zero-order chi connectivity index (χ0) is 12.4.